The Kier molecular flexibility index (Phi) is 4.63. The van der Waals surface area contributed by atoms with E-state index in [-0.39, 0.29) is 0 Å². The first-order valence-corrected chi connectivity index (χ1v) is 6.66. The fraction of sp³-hybridized carbons (Fsp3) is 0.500. The number of anilines is 1. The van der Waals surface area contributed by atoms with E-state index in [0.29, 0.717) is 11.6 Å². The molecule has 4 N–H and O–H groups in total. The summed E-state index contributed by atoms with van der Waals surface area (Å²) in [4.78, 5) is 11.2. The van der Waals surface area contributed by atoms with Gasteiger partial charge in [-0.3, -0.25) is 4.79 Å². The van der Waals surface area contributed by atoms with Gasteiger partial charge in [-0.05, 0) is 50.6 Å². The van der Waals surface area contributed by atoms with Gasteiger partial charge in [0.2, 0.25) is 5.91 Å². The highest BCUT2D eigenvalue weighted by Gasteiger charge is 2.14. The van der Waals surface area contributed by atoms with Gasteiger partial charge in [0.05, 0.1) is 12.8 Å². The van der Waals surface area contributed by atoms with E-state index < -0.39 is 5.91 Å². The SMILES string of the molecule is COc1ccc(C(N)=O)cc1NC1CCCNCC1. The predicted molar refractivity (Wildman–Crippen MR) is 75.6 cm³/mol. The molecule has 19 heavy (non-hydrogen) atoms. The van der Waals surface area contributed by atoms with Crippen LogP contribution in [0.2, 0.25) is 0 Å². The Morgan fingerprint density at radius 2 is 2.26 bits per heavy atom. The third-order valence-electron chi connectivity index (χ3n) is 3.42. The Labute approximate surface area is 113 Å². The summed E-state index contributed by atoms with van der Waals surface area (Å²) in [5.74, 6) is 0.315. The van der Waals surface area contributed by atoms with E-state index >= 15 is 0 Å². The second-order valence-corrected chi connectivity index (χ2v) is 4.80. The van der Waals surface area contributed by atoms with Crippen LogP contribution in [0.15, 0.2) is 18.2 Å². The number of amides is 1. The molecule has 1 atom stereocenters. The standard InChI is InChI=1S/C14H21N3O2/c1-19-13-5-4-10(14(15)18)9-12(13)17-11-3-2-7-16-8-6-11/h4-5,9,11,16-17H,2-3,6-8H2,1H3,(H2,15,18). The zero-order chi connectivity index (χ0) is 13.7. The normalized spacial score (nSPS) is 19.5. The van der Waals surface area contributed by atoms with Crippen molar-refractivity contribution in [1.29, 1.82) is 0 Å². The molecule has 0 radical (unpaired) electrons. The summed E-state index contributed by atoms with van der Waals surface area (Å²) in [6.07, 6.45) is 3.32. The predicted octanol–water partition coefficient (Wildman–Crippen LogP) is 1.35. The van der Waals surface area contributed by atoms with Crippen molar-refractivity contribution >= 4 is 11.6 Å². The number of methoxy groups -OCH3 is 1. The first-order chi connectivity index (χ1) is 9.20. The molecule has 0 spiro atoms. The molecular formula is C14H21N3O2. The topological polar surface area (TPSA) is 76.4 Å². The highest BCUT2D eigenvalue weighted by molar-refractivity contribution is 5.94. The molecule has 1 amide bonds. The maximum Gasteiger partial charge on any atom is 0.248 e. The van der Waals surface area contributed by atoms with E-state index in [9.17, 15) is 4.79 Å². The summed E-state index contributed by atoms with van der Waals surface area (Å²) in [7, 11) is 1.62. The van der Waals surface area contributed by atoms with E-state index in [1.165, 1.54) is 0 Å². The Morgan fingerprint density at radius 1 is 1.42 bits per heavy atom. The number of nitrogens with one attached hydrogen (secondary N) is 2. The number of benzene rings is 1. The lowest BCUT2D eigenvalue weighted by Gasteiger charge is -2.19. The highest BCUT2D eigenvalue weighted by atomic mass is 16.5. The Morgan fingerprint density at radius 3 is 3.00 bits per heavy atom. The van der Waals surface area contributed by atoms with Crippen molar-refractivity contribution in [1.82, 2.24) is 5.32 Å². The molecule has 2 rings (SSSR count). The molecule has 5 nitrogen and oxygen atoms in total. The average molecular weight is 263 g/mol. The van der Waals surface area contributed by atoms with Crippen molar-refractivity contribution in [2.75, 3.05) is 25.5 Å². The molecule has 1 aromatic carbocycles. The van der Waals surface area contributed by atoms with Gasteiger partial charge < -0.3 is 21.1 Å². The van der Waals surface area contributed by atoms with Gasteiger partial charge in [-0.1, -0.05) is 0 Å². The van der Waals surface area contributed by atoms with Gasteiger partial charge in [0.15, 0.2) is 0 Å². The molecule has 1 unspecified atom stereocenters. The lowest BCUT2D eigenvalue weighted by molar-refractivity contribution is 0.100. The first kappa shape index (κ1) is 13.7. The van der Waals surface area contributed by atoms with Crippen LogP contribution in [0.3, 0.4) is 0 Å². The molecular weight excluding hydrogens is 242 g/mol. The minimum atomic E-state index is -0.423. The molecule has 5 heteroatoms. The van der Waals surface area contributed by atoms with Crippen molar-refractivity contribution < 1.29 is 9.53 Å². The zero-order valence-corrected chi connectivity index (χ0v) is 11.2. The minimum Gasteiger partial charge on any atom is -0.495 e. The highest BCUT2D eigenvalue weighted by Crippen LogP contribution is 2.27. The second-order valence-electron chi connectivity index (χ2n) is 4.80. The molecule has 1 aromatic rings. The van der Waals surface area contributed by atoms with E-state index in [1.54, 1.807) is 25.3 Å². The monoisotopic (exact) mass is 263 g/mol. The molecule has 104 valence electrons. The summed E-state index contributed by atoms with van der Waals surface area (Å²) < 4.78 is 5.32. The van der Waals surface area contributed by atoms with Crippen LogP contribution in [0, 0.1) is 0 Å². The van der Waals surface area contributed by atoms with Crippen LogP contribution >= 0.6 is 0 Å². The number of primary amides is 1. The number of nitrogens with two attached hydrogens (primary N) is 1. The molecule has 0 bridgehead atoms. The smallest absolute Gasteiger partial charge is 0.248 e. The Balaban J connectivity index is 2.16. The number of ether oxygens (including phenoxy) is 1. The molecule has 1 aliphatic heterocycles. The molecule has 1 heterocycles. The lowest BCUT2D eigenvalue weighted by Crippen LogP contribution is -2.22. The lowest BCUT2D eigenvalue weighted by atomic mass is 10.1. The maximum atomic E-state index is 11.2. The van der Waals surface area contributed by atoms with Crippen LogP contribution in [0.4, 0.5) is 5.69 Å². The molecule has 1 aliphatic rings. The average Bonchev–Trinajstić information content (AvgIpc) is 2.67. The van der Waals surface area contributed by atoms with Crippen molar-refractivity contribution in [3.05, 3.63) is 23.8 Å². The summed E-state index contributed by atoms with van der Waals surface area (Å²) in [5, 5.41) is 6.84. The van der Waals surface area contributed by atoms with Gasteiger partial charge in [-0.25, -0.2) is 0 Å². The van der Waals surface area contributed by atoms with Crippen LogP contribution in [-0.2, 0) is 0 Å². The summed E-state index contributed by atoms with van der Waals surface area (Å²) >= 11 is 0. The number of carbonyl (C=O) groups excluding carboxylic acids is 1. The number of hydrogen-bond donors (Lipinski definition) is 3. The summed E-state index contributed by atoms with van der Waals surface area (Å²) in [5.41, 5.74) is 6.65. The van der Waals surface area contributed by atoms with Crippen LogP contribution in [0.5, 0.6) is 5.75 Å². The molecule has 0 aliphatic carbocycles. The van der Waals surface area contributed by atoms with Crippen LogP contribution in [0.25, 0.3) is 0 Å². The van der Waals surface area contributed by atoms with Gasteiger partial charge in [-0.15, -0.1) is 0 Å². The van der Waals surface area contributed by atoms with Crippen molar-refractivity contribution in [3.8, 4) is 5.75 Å². The van der Waals surface area contributed by atoms with E-state index in [1.807, 2.05) is 0 Å². The summed E-state index contributed by atoms with van der Waals surface area (Å²) in [6, 6.07) is 5.62. The summed E-state index contributed by atoms with van der Waals surface area (Å²) in [6.45, 7) is 2.08. The third-order valence-corrected chi connectivity index (χ3v) is 3.42. The fourth-order valence-corrected chi connectivity index (χ4v) is 2.36. The van der Waals surface area contributed by atoms with Gasteiger partial charge in [-0.2, -0.15) is 0 Å². The van der Waals surface area contributed by atoms with Crippen molar-refractivity contribution in [2.24, 2.45) is 5.73 Å². The largest absolute Gasteiger partial charge is 0.495 e. The van der Waals surface area contributed by atoms with Gasteiger partial charge in [0.25, 0.3) is 0 Å². The van der Waals surface area contributed by atoms with Gasteiger partial charge >= 0.3 is 0 Å². The maximum absolute atomic E-state index is 11.2. The van der Waals surface area contributed by atoms with Crippen molar-refractivity contribution in [2.45, 2.75) is 25.3 Å². The van der Waals surface area contributed by atoms with E-state index in [2.05, 4.69) is 10.6 Å². The molecule has 0 aromatic heterocycles. The number of rotatable bonds is 4. The van der Waals surface area contributed by atoms with Gasteiger partial charge in [0, 0.05) is 11.6 Å². The second kappa shape index (κ2) is 6.43. The van der Waals surface area contributed by atoms with E-state index in [4.69, 9.17) is 10.5 Å². The van der Waals surface area contributed by atoms with E-state index in [0.717, 1.165) is 43.8 Å². The van der Waals surface area contributed by atoms with Crippen LogP contribution in [-0.4, -0.2) is 32.1 Å². The fourth-order valence-electron chi connectivity index (χ4n) is 2.36. The Hall–Kier alpha value is -1.75. The first-order valence-electron chi connectivity index (χ1n) is 6.66. The number of hydrogen-bond acceptors (Lipinski definition) is 4. The zero-order valence-electron chi connectivity index (χ0n) is 11.2. The third kappa shape index (κ3) is 3.61. The number of carbonyl (C=O) groups is 1. The quantitative estimate of drug-likeness (QED) is 0.766. The molecule has 0 saturated carbocycles. The molecule has 1 saturated heterocycles. The Bertz CT molecular complexity index is 440. The van der Waals surface area contributed by atoms with Crippen LogP contribution in [0.1, 0.15) is 29.6 Å². The van der Waals surface area contributed by atoms with Gasteiger partial charge in [0.1, 0.15) is 5.75 Å². The van der Waals surface area contributed by atoms with Crippen molar-refractivity contribution in [3.63, 3.8) is 0 Å². The molecule has 1 fully saturated rings. The minimum absolute atomic E-state index is 0.395. The van der Waals surface area contributed by atoms with Crippen LogP contribution < -0.4 is 21.1 Å².